The van der Waals surface area contributed by atoms with Crippen LogP contribution in [0.1, 0.15) is 47.1 Å². The van der Waals surface area contributed by atoms with Crippen molar-refractivity contribution in [3.8, 4) is 5.75 Å². The SMILES string of the molecule is CN=C(NCCOc1ccccc1C(C)(C)C)NCC(=O)NC(C)(C)C.I. The molecule has 0 unspecified atom stereocenters. The Morgan fingerprint density at radius 1 is 1.07 bits per heavy atom. The number of ether oxygens (including phenoxy) is 1. The van der Waals surface area contributed by atoms with E-state index in [1.54, 1.807) is 7.05 Å². The number of guanidine groups is 1. The van der Waals surface area contributed by atoms with E-state index in [1.165, 1.54) is 5.56 Å². The van der Waals surface area contributed by atoms with Crippen LogP contribution in [-0.4, -0.2) is 44.1 Å². The molecule has 27 heavy (non-hydrogen) atoms. The first-order chi connectivity index (χ1) is 12.0. The van der Waals surface area contributed by atoms with Gasteiger partial charge in [-0.15, -0.1) is 24.0 Å². The molecular formula is C20H35IN4O2. The van der Waals surface area contributed by atoms with Gasteiger partial charge in [-0.3, -0.25) is 9.79 Å². The van der Waals surface area contributed by atoms with Crippen molar-refractivity contribution < 1.29 is 9.53 Å². The largest absolute Gasteiger partial charge is 0.491 e. The summed E-state index contributed by atoms with van der Waals surface area (Å²) in [7, 11) is 1.67. The molecule has 0 bridgehead atoms. The number of para-hydroxylation sites is 1. The Kier molecular flexibility index (Phi) is 10.7. The van der Waals surface area contributed by atoms with Crippen LogP contribution >= 0.6 is 24.0 Å². The standard InChI is InChI=1S/C20H34N4O2.HI/c1-19(2,3)15-10-8-9-11-16(15)26-13-12-22-18(21-7)23-14-17(25)24-20(4,5)6;/h8-11H,12-14H2,1-7H3,(H,24,25)(H2,21,22,23);1H. The lowest BCUT2D eigenvalue weighted by Crippen LogP contribution is -2.48. The summed E-state index contributed by atoms with van der Waals surface area (Å²) in [5.41, 5.74) is 0.966. The number of rotatable bonds is 6. The number of hydrogen-bond donors (Lipinski definition) is 3. The third-order valence-electron chi connectivity index (χ3n) is 3.50. The maximum atomic E-state index is 11.8. The Hall–Kier alpha value is -1.51. The van der Waals surface area contributed by atoms with Crippen molar-refractivity contribution in [2.45, 2.75) is 52.5 Å². The van der Waals surface area contributed by atoms with Crippen LogP contribution in [0.5, 0.6) is 5.75 Å². The van der Waals surface area contributed by atoms with Gasteiger partial charge in [-0.05, 0) is 37.8 Å². The van der Waals surface area contributed by atoms with Gasteiger partial charge in [-0.1, -0.05) is 39.0 Å². The second-order valence-electron chi connectivity index (χ2n) is 8.25. The number of nitrogens with zero attached hydrogens (tertiary/aromatic N) is 1. The fourth-order valence-corrected chi connectivity index (χ4v) is 2.39. The average molecular weight is 490 g/mol. The van der Waals surface area contributed by atoms with Gasteiger partial charge in [0, 0.05) is 12.6 Å². The molecule has 7 heteroatoms. The molecule has 6 nitrogen and oxygen atoms in total. The van der Waals surface area contributed by atoms with E-state index in [1.807, 2.05) is 39.0 Å². The zero-order valence-electron chi connectivity index (χ0n) is 17.6. The highest BCUT2D eigenvalue weighted by atomic mass is 127. The van der Waals surface area contributed by atoms with Crippen molar-refractivity contribution in [2.75, 3.05) is 26.7 Å². The maximum absolute atomic E-state index is 11.8. The van der Waals surface area contributed by atoms with Crippen LogP contribution in [0, 0.1) is 0 Å². The second-order valence-corrected chi connectivity index (χ2v) is 8.25. The van der Waals surface area contributed by atoms with Gasteiger partial charge in [0.05, 0.1) is 13.1 Å². The number of nitrogens with one attached hydrogen (secondary N) is 3. The van der Waals surface area contributed by atoms with E-state index in [4.69, 9.17) is 4.74 Å². The number of benzene rings is 1. The molecule has 1 amide bonds. The quantitative estimate of drug-likeness (QED) is 0.248. The second kappa shape index (κ2) is 11.4. The summed E-state index contributed by atoms with van der Waals surface area (Å²) >= 11 is 0. The van der Waals surface area contributed by atoms with Crippen molar-refractivity contribution in [1.29, 1.82) is 0 Å². The van der Waals surface area contributed by atoms with Crippen LogP contribution in [0.4, 0.5) is 0 Å². The minimum atomic E-state index is -0.246. The third-order valence-corrected chi connectivity index (χ3v) is 3.50. The molecular weight excluding hydrogens is 455 g/mol. The summed E-state index contributed by atoms with van der Waals surface area (Å²) in [5, 5.41) is 9.05. The van der Waals surface area contributed by atoms with Crippen molar-refractivity contribution in [3.63, 3.8) is 0 Å². The lowest BCUT2D eigenvalue weighted by molar-refractivity contribution is -0.121. The normalized spacial score (nSPS) is 12.0. The van der Waals surface area contributed by atoms with Gasteiger partial charge in [-0.25, -0.2) is 0 Å². The molecule has 3 N–H and O–H groups in total. The average Bonchev–Trinajstić information content (AvgIpc) is 2.52. The zero-order valence-corrected chi connectivity index (χ0v) is 19.9. The fraction of sp³-hybridized carbons (Fsp3) is 0.600. The van der Waals surface area contributed by atoms with Crippen molar-refractivity contribution >= 4 is 35.8 Å². The smallest absolute Gasteiger partial charge is 0.239 e. The van der Waals surface area contributed by atoms with E-state index in [0.29, 0.717) is 19.1 Å². The predicted molar refractivity (Wildman–Crippen MR) is 123 cm³/mol. The Labute approximate surface area is 181 Å². The van der Waals surface area contributed by atoms with Crippen LogP contribution in [0.2, 0.25) is 0 Å². The Balaban J connectivity index is 0.00000676. The third kappa shape index (κ3) is 10.4. The first kappa shape index (κ1) is 25.5. The summed E-state index contributed by atoms with van der Waals surface area (Å²) < 4.78 is 5.93. The van der Waals surface area contributed by atoms with Crippen molar-refractivity contribution in [3.05, 3.63) is 29.8 Å². The summed E-state index contributed by atoms with van der Waals surface area (Å²) in [5.74, 6) is 1.40. The maximum Gasteiger partial charge on any atom is 0.239 e. The van der Waals surface area contributed by atoms with Gasteiger partial charge >= 0.3 is 0 Å². The lowest BCUT2D eigenvalue weighted by atomic mass is 9.86. The molecule has 0 aromatic heterocycles. The highest BCUT2D eigenvalue weighted by Gasteiger charge is 2.18. The van der Waals surface area contributed by atoms with Crippen LogP contribution in [-0.2, 0) is 10.2 Å². The summed E-state index contributed by atoms with van der Waals surface area (Å²) in [6.45, 7) is 13.6. The molecule has 0 spiro atoms. The summed E-state index contributed by atoms with van der Waals surface area (Å²) in [6.07, 6.45) is 0. The van der Waals surface area contributed by atoms with Gasteiger partial charge < -0.3 is 20.7 Å². The van der Waals surface area contributed by atoms with E-state index >= 15 is 0 Å². The molecule has 154 valence electrons. The molecule has 1 aromatic carbocycles. The zero-order chi connectivity index (χ0) is 19.8. The molecule has 0 fully saturated rings. The molecule has 0 atom stereocenters. The van der Waals surface area contributed by atoms with E-state index in [9.17, 15) is 4.79 Å². The van der Waals surface area contributed by atoms with Gasteiger partial charge in [0.2, 0.25) is 5.91 Å². The first-order valence-corrected chi connectivity index (χ1v) is 9.01. The predicted octanol–water partition coefficient (Wildman–Crippen LogP) is 3.06. The van der Waals surface area contributed by atoms with E-state index in [-0.39, 0.29) is 47.4 Å². The molecule has 0 aliphatic heterocycles. The topological polar surface area (TPSA) is 74.8 Å². The van der Waals surface area contributed by atoms with E-state index in [0.717, 1.165) is 5.75 Å². The van der Waals surface area contributed by atoms with Gasteiger partial charge in [-0.2, -0.15) is 0 Å². The van der Waals surface area contributed by atoms with Gasteiger partial charge in [0.25, 0.3) is 0 Å². The van der Waals surface area contributed by atoms with Crippen LogP contribution in [0.15, 0.2) is 29.3 Å². The molecule has 1 rings (SSSR count). The van der Waals surface area contributed by atoms with Crippen molar-refractivity contribution in [2.24, 2.45) is 4.99 Å². The summed E-state index contributed by atoms with van der Waals surface area (Å²) in [4.78, 5) is 16.0. The van der Waals surface area contributed by atoms with Crippen LogP contribution in [0.25, 0.3) is 0 Å². The molecule has 1 aromatic rings. The molecule has 0 aliphatic rings. The van der Waals surface area contributed by atoms with Crippen LogP contribution in [0.3, 0.4) is 0 Å². The molecule has 0 radical (unpaired) electrons. The van der Waals surface area contributed by atoms with E-state index < -0.39 is 0 Å². The van der Waals surface area contributed by atoms with Crippen LogP contribution < -0.4 is 20.7 Å². The van der Waals surface area contributed by atoms with Gasteiger partial charge in [0.1, 0.15) is 12.4 Å². The number of amides is 1. The molecule has 0 heterocycles. The minimum absolute atomic E-state index is 0. The first-order valence-electron chi connectivity index (χ1n) is 9.01. The lowest BCUT2D eigenvalue weighted by Gasteiger charge is -2.23. The van der Waals surface area contributed by atoms with Gasteiger partial charge in [0.15, 0.2) is 5.96 Å². The minimum Gasteiger partial charge on any atom is -0.491 e. The number of carbonyl (C=O) groups excluding carboxylic acids is 1. The molecule has 0 aliphatic carbocycles. The Bertz CT molecular complexity index is 619. The number of aliphatic imine (C=N–C) groups is 1. The summed E-state index contributed by atoms with van der Waals surface area (Å²) in [6, 6.07) is 8.09. The molecule has 0 saturated carbocycles. The Morgan fingerprint density at radius 3 is 2.26 bits per heavy atom. The highest BCUT2D eigenvalue weighted by molar-refractivity contribution is 14.0. The molecule has 0 saturated heterocycles. The van der Waals surface area contributed by atoms with E-state index in [2.05, 4.69) is 47.8 Å². The number of carbonyl (C=O) groups is 1. The number of halogens is 1. The van der Waals surface area contributed by atoms with Crippen molar-refractivity contribution in [1.82, 2.24) is 16.0 Å². The highest BCUT2D eigenvalue weighted by Crippen LogP contribution is 2.30. The number of hydrogen-bond acceptors (Lipinski definition) is 3. The Morgan fingerprint density at radius 2 is 1.70 bits per heavy atom. The monoisotopic (exact) mass is 490 g/mol. The fourth-order valence-electron chi connectivity index (χ4n) is 2.39.